The summed E-state index contributed by atoms with van der Waals surface area (Å²) in [5.74, 6) is 0.500. The minimum absolute atomic E-state index is 0.0594. The summed E-state index contributed by atoms with van der Waals surface area (Å²) in [5, 5.41) is 20.2. The van der Waals surface area contributed by atoms with Crippen molar-refractivity contribution in [3.8, 4) is 17.0 Å². The van der Waals surface area contributed by atoms with E-state index in [-0.39, 0.29) is 11.5 Å². The molecule has 0 amide bonds. The van der Waals surface area contributed by atoms with Crippen LogP contribution in [0.15, 0.2) is 78.0 Å². The number of aromatic nitrogens is 3. The molecule has 3 aromatic heterocycles. The Hall–Kier alpha value is -3.66. The lowest BCUT2D eigenvalue weighted by molar-refractivity contribution is 0.0536. The molecule has 2 N–H and O–H groups in total. The van der Waals surface area contributed by atoms with Crippen molar-refractivity contribution in [2.24, 2.45) is 7.05 Å². The highest BCUT2D eigenvalue weighted by Crippen LogP contribution is 2.37. The first-order chi connectivity index (χ1) is 16.8. The molecule has 1 atom stereocenters. The minimum Gasteiger partial charge on any atom is -0.491 e. The molecule has 0 aliphatic carbocycles. The van der Waals surface area contributed by atoms with E-state index in [0.717, 1.165) is 16.5 Å². The van der Waals surface area contributed by atoms with Crippen molar-refractivity contribution < 1.29 is 23.4 Å². The molecule has 0 aliphatic heterocycles. The molecule has 0 bridgehead atoms. The number of hydrogen-bond donors (Lipinski definition) is 2. The van der Waals surface area contributed by atoms with Gasteiger partial charge in [0, 0.05) is 41.3 Å². The lowest BCUT2D eigenvalue weighted by Gasteiger charge is -2.12. The molecular formula is C26H25N3O5S. The second-order valence-corrected chi connectivity index (χ2v) is 10.3. The topological polar surface area (TPSA) is 107 Å². The summed E-state index contributed by atoms with van der Waals surface area (Å²) in [7, 11) is -2.07. The van der Waals surface area contributed by atoms with E-state index in [1.807, 2.05) is 49.0 Å². The Bertz CT molecular complexity index is 1640. The summed E-state index contributed by atoms with van der Waals surface area (Å²) in [6.07, 6.45) is 2.47. The molecule has 180 valence electrons. The molecule has 2 aromatic carbocycles. The van der Waals surface area contributed by atoms with Gasteiger partial charge in [0.25, 0.3) is 10.0 Å². The lowest BCUT2D eigenvalue weighted by atomic mass is 10.1. The van der Waals surface area contributed by atoms with Gasteiger partial charge in [-0.05, 0) is 55.5 Å². The smallest absolute Gasteiger partial charge is 0.269 e. The van der Waals surface area contributed by atoms with Crippen LogP contribution in [0.3, 0.4) is 0 Å². The van der Waals surface area contributed by atoms with Gasteiger partial charge in [0.1, 0.15) is 18.5 Å². The molecule has 5 aromatic rings. The number of aliphatic hydroxyl groups is 2. The highest BCUT2D eigenvalue weighted by atomic mass is 32.2. The molecule has 0 fully saturated rings. The number of fused-ring (bicyclic) bond motifs is 2. The monoisotopic (exact) mass is 491 g/mol. The summed E-state index contributed by atoms with van der Waals surface area (Å²) in [6.45, 7) is 1.45. The molecule has 35 heavy (non-hydrogen) atoms. The average molecular weight is 492 g/mol. The molecule has 3 heterocycles. The minimum atomic E-state index is -3.96. The third-order valence-corrected chi connectivity index (χ3v) is 7.69. The second-order valence-electron chi connectivity index (χ2n) is 8.51. The zero-order valence-electron chi connectivity index (χ0n) is 19.3. The van der Waals surface area contributed by atoms with Crippen LogP contribution in [0, 0.1) is 6.92 Å². The number of aliphatic hydroxyl groups excluding tert-OH is 2. The van der Waals surface area contributed by atoms with E-state index in [4.69, 9.17) is 9.84 Å². The van der Waals surface area contributed by atoms with E-state index < -0.39 is 22.7 Å². The molecular weight excluding hydrogens is 466 g/mol. The lowest BCUT2D eigenvalue weighted by Crippen LogP contribution is -2.21. The van der Waals surface area contributed by atoms with Crippen LogP contribution in [0.5, 0.6) is 5.75 Å². The zero-order chi connectivity index (χ0) is 24.7. The fourth-order valence-corrected chi connectivity index (χ4v) is 5.65. The summed E-state index contributed by atoms with van der Waals surface area (Å²) in [6, 6.07) is 17.6. The Morgan fingerprint density at radius 3 is 2.60 bits per heavy atom. The first kappa shape index (κ1) is 23.1. The Morgan fingerprint density at radius 2 is 1.86 bits per heavy atom. The normalized spacial score (nSPS) is 12.9. The zero-order valence-corrected chi connectivity index (χ0v) is 20.1. The van der Waals surface area contributed by atoms with Crippen LogP contribution in [0.25, 0.3) is 33.2 Å². The van der Waals surface area contributed by atoms with E-state index >= 15 is 0 Å². The van der Waals surface area contributed by atoms with E-state index in [1.54, 1.807) is 42.6 Å². The summed E-state index contributed by atoms with van der Waals surface area (Å²) >= 11 is 0. The molecule has 0 saturated carbocycles. The van der Waals surface area contributed by atoms with Gasteiger partial charge in [-0.2, -0.15) is 0 Å². The molecule has 5 rings (SSSR count). The van der Waals surface area contributed by atoms with Crippen LogP contribution < -0.4 is 4.74 Å². The van der Waals surface area contributed by atoms with Crippen molar-refractivity contribution in [3.05, 3.63) is 78.6 Å². The van der Waals surface area contributed by atoms with E-state index in [0.29, 0.717) is 28.0 Å². The predicted molar refractivity (Wildman–Crippen MR) is 134 cm³/mol. The van der Waals surface area contributed by atoms with Crippen molar-refractivity contribution >= 4 is 32.0 Å². The van der Waals surface area contributed by atoms with Crippen LogP contribution in [-0.4, -0.2) is 51.5 Å². The summed E-state index contributed by atoms with van der Waals surface area (Å²) < 4.78 is 36.6. The summed E-state index contributed by atoms with van der Waals surface area (Å²) in [4.78, 5) is 4.58. The number of hydrogen-bond acceptors (Lipinski definition) is 6. The number of aryl methyl sites for hydroxylation is 2. The van der Waals surface area contributed by atoms with Crippen LogP contribution in [0.1, 0.15) is 5.56 Å². The van der Waals surface area contributed by atoms with Gasteiger partial charge in [-0.3, -0.25) is 0 Å². The second kappa shape index (κ2) is 8.84. The highest BCUT2D eigenvalue weighted by Gasteiger charge is 2.26. The van der Waals surface area contributed by atoms with Crippen molar-refractivity contribution in [1.82, 2.24) is 13.5 Å². The van der Waals surface area contributed by atoms with Gasteiger partial charge < -0.3 is 19.5 Å². The van der Waals surface area contributed by atoms with Gasteiger partial charge in [0.2, 0.25) is 0 Å². The van der Waals surface area contributed by atoms with Crippen LogP contribution >= 0.6 is 0 Å². The number of pyridine rings is 1. The average Bonchev–Trinajstić information content (AvgIpc) is 3.40. The van der Waals surface area contributed by atoms with Crippen molar-refractivity contribution in [2.45, 2.75) is 17.9 Å². The third kappa shape index (κ3) is 4.07. The van der Waals surface area contributed by atoms with Crippen LogP contribution in [0.4, 0.5) is 0 Å². The van der Waals surface area contributed by atoms with E-state index in [2.05, 4.69) is 4.98 Å². The fraction of sp³-hybridized carbons (Fsp3) is 0.192. The quantitative estimate of drug-likeness (QED) is 0.361. The van der Waals surface area contributed by atoms with Gasteiger partial charge >= 0.3 is 0 Å². The maximum Gasteiger partial charge on any atom is 0.269 e. The molecule has 0 aliphatic rings. The predicted octanol–water partition coefficient (Wildman–Crippen LogP) is 3.47. The first-order valence-electron chi connectivity index (χ1n) is 11.1. The molecule has 0 spiro atoms. The first-order valence-corrected chi connectivity index (χ1v) is 12.5. The van der Waals surface area contributed by atoms with Gasteiger partial charge in [0.05, 0.1) is 17.2 Å². The molecule has 1 unspecified atom stereocenters. The van der Waals surface area contributed by atoms with Crippen LogP contribution in [0.2, 0.25) is 0 Å². The van der Waals surface area contributed by atoms with E-state index in [9.17, 15) is 13.5 Å². The number of ether oxygens (including phenoxy) is 1. The van der Waals surface area contributed by atoms with Gasteiger partial charge in [-0.1, -0.05) is 17.7 Å². The third-order valence-electron chi connectivity index (χ3n) is 5.97. The van der Waals surface area contributed by atoms with Gasteiger partial charge in [0.15, 0.2) is 5.65 Å². The molecule has 8 nitrogen and oxygen atoms in total. The van der Waals surface area contributed by atoms with Crippen LogP contribution in [-0.2, 0) is 17.1 Å². The molecule has 0 saturated heterocycles. The maximum absolute atomic E-state index is 13.9. The SMILES string of the molecule is Cc1ccc(S(=O)(=O)n2c(-c3cn(C)c4ccc(OCC(O)CO)cc34)cc3cccnc32)cc1. The largest absolute Gasteiger partial charge is 0.491 e. The Labute approximate surface area is 202 Å². The van der Waals surface area contributed by atoms with Crippen molar-refractivity contribution in [2.75, 3.05) is 13.2 Å². The number of rotatable bonds is 7. The molecule has 0 radical (unpaired) electrons. The summed E-state index contributed by atoms with van der Waals surface area (Å²) in [5.41, 5.74) is 3.38. The Morgan fingerprint density at radius 1 is 1.09 bits per heavy atom. The number of nitrogens with zero attached hydrogens (tertiary/aromatic N) is 3. The Kier molecular flexibility index (Phi) is 5.84. The highest BCUT2D eigenvalue weighted by molar-refractivity contribution is 7.90. The van der Waals surface area contributed by atoms with Crippen molar-refractivity contribution in [1.29, 1.82) is 0 Å². The van der Waals surface area contributed by atoms with Crippen molar-refractivity contribution in [3.63, 3.8) is 0 Å². The van der Waals surface area contributed by atoms with Gasteiger partial charge in [-0.15, -0.1) is 0 Å². The van der Waals surface area contributed by atoms with Gasteiger partial charge in [-0.25, -0.2) is 17.4 Å². The fourth-order valence-electron chi connectivity index (χ4n) is 4.17. The molecule has 9 heteroatoms. The number of benzene rings is 2. The maximum atomic E-state index is 13.9. The standard InChI is InChI=1S/C26H25N3O5S/c1-17-5-8-21(9-6-17)35(32,33)29-25(12-18-4-3-11-27-26(18)29)23-14-28(2)24-10-7-20(13-22(23)24)34-16-19(31)15-30/h3-14,19,30-31H,15-16H2,1-2H3. The van der Waals surface area contributed by atoms with E-state index in [1.165, 1.54) is 3.97 Å². The Balaban J connectivity index is 1.73.